The van der Waals surface area contributed by atoms with Crippen LogP contribution in [0.1, 0.15) is 25.5 Å². The average molecular weight is 300 g/mol. The van der Waals surface area contributed by atoms with Crippen molar-refractivity contribution in [2.45, 2.75) is 25.1 Å². The SMILES string of the molecule is CC1CNC(c2ccc(Br)cc2)C(C)SC1. The minimum absolute atomic E-state index is 0.489. The molecular weight excluding hydrogens is 282 g/mol. The summed E-state index contributed by atoms with van der Waals surface area (Å²) in [5.41, 5.74) is 1.40. The molecule has 1 aromatic carbocycles. The molecule has 0 amide bonds. The van der Waals surface area contributed by atoms with E-state index in [-0.39, 0.29) is 0 Å². The van der Waals surface area contributed by atoms with E-state index in [0.717, 1.165) is 16.9 Å². The summed E-state index contributed by atoms with van der Waals surface area (Å²) in [6.07, 6.45) is 0. The predicted octanol–water partition coefficient (Wildman–Crippen LogP) is 3.85. The highest BCUT2D eigenvalue weighted by atomic mass is 79.9. The Morgan fingerprint density at radius 2 is 1.94 bits per heavy atom. The first-order valence-electron chi connectivity index (χ1n) is 5.77. The first-order valence-corrected chi connectivity index (χ1v) is 7.61. The maximum atomic E-state index is 3.68. The van der Waals surface area contributed by atoms with E-state index in [4.69, 9.17) is 0 Å². The standard InChI is InChI=1S/C13H18BrNS/c1-9-7-15-13(10(2)16-8-9)11-3-5-12(14)6-4-11/h3-6,9-10,13,15H,7-8H2,1-2H3. The van der Waals surface area contributed by atoms with Crippen LogP contribution in [0.25, 0.3) is 0 Å². The lowest BCUT2D eigenvalue weighted by Gasteiger charge is -2.22. The van der Waals surface area contributed by atoms with E-state index in [1.165, 1.54) is 11.3 Å². The molecule has 0 spiro atoms. The van der Waals surface area contributed by atoms with Crippen molar-refractivity contribution in [3.8, 4) is 0 Å². The molecule has 0 aromatic heterocycles. The monoisotopic (exact) mass is 299 g/mol. The summed E-state index contributed by atoms with van der Waals surface area (Å²) in [7, 11) is 0. The second-order valence-corrected chi connectivity index (χ2v) is 6.91. The van der Waals surface area contributed by atoms with E-state index in [9.17, 15) is 0 Å². The summed E-state index contributed by atoms with van der Waals surface area (Å²) in [4.78, 5) is 0. The van der Waals surface area contributed by atoms with E-state index in [0.29, 0.717) is 11.3 Å². The molecule has 1 nitrogen and oxygen atoms in total. The van der Waals surface area contributed by atoms with Crippen molar-refractivity contribution in [1.29, 1.82) is 0 Å². The number of halogens is 1. The maximum absolute atomic E-state index is 3.68. The lowest BCUT2D eigenvalue weighted by Crippen LogP contribution is -2.28. The average Bonchev–Trinajstić information content (AvgIpc) is 2.44. The van der Waals surface area contributed by atoms with Crippen molar-refractivity contribution in [1.82, 2.24) is 5.32 Å². The number of hydrogen-bond donors (Lipinski definition) is 1. The molecule has 16 heavy (non-hydrogen) atoms. The Balaban J connectivity index is 2.15. The van der Waals surface area contributed by atoms with Crippen LogP contribution in [0.4, 0.5) is 0 Å². The van der Waals surface area contributed by atoms with Crippen molar-refractivity contribution in [3.05, 3.63) is 34.3 Å². The highest BCUT2D eigenvalue weighted by Crippen LogP contribution is 2.31. The van der Waals surface area contributed by atoms with Crippen LogP contribution in [0.2, 0.25) is 0 Å². The highest BCUT2D eigenvalue weighted by molar-refractivity contribution is 9.10. The molecule has 0 saturated carbocycles. The van der Waals surface area contributed by atoms with Gasteiger partial charge in [-0.2, -0.15) is 11.8 Å². The Hall–Kier alpha value is 0.01000. The van der Waals surface area contributed by atoms with Gasteiger partial charge in [-0.1, -0.05) is 41.9 Å². The minimum Gasteiger partial charge on any atom is -0.309 e. The predicted molar refractivity (Wildman–Crippen MR) is 76.0 cm³/mol. The summed E-state index contributed by atoms with van der Waals surface area (Å²) >= 11 is 5.56. The van der Waals surface area contributed by atoms with Crippen LogP contribution in [0.15, 0.2) is 28.7 Å². The van der Waals surface area contributed by atoms with E-state index in [2.05, 4.69) is 71.1 Å². The van der Waals surface area contributed by atoms with Gasteiger partial charge in [0.15, 0.2) is 0 Å². The van der Waals surface area contributed by atoms with Crippen molar-refractivity contribution < 1.29 is 0 Å². The Morgan fingerprint density at radius 1 is 1.25 bits per heavy atom. The second kappa shape index (κ2) is 5.56. The van der Waals surface area contributed by atoms with Gasteiger partial charge in [-0.3, -0.25) is 0 Å². The van der Waals surface area contributed by atoms with Gasteiger partial charge in [-0.15, -0.1) is 0 Å². The quantitative estimate of drug-likeness (QED) is 0.845. The molecular formula is C13H18BrNS. The molecule has 0 aliphatic carbocycles. The molecule has 1 aliphatic heterocycles. The molecule has 3 heteroatoms. The van der Waals surface area contributed by atoms with Crippen LogP contribution in [0, 0.1) is 5.92 Å². The lowest BCUT2D eigenvalue weighted by atomic mass is 10.0. The fourth-order valence-corrected chi connectivity index (χ4v) is 3.48. The third-order valence-electron chi connectivity index (χ3n) is 3.03. The molecule has 1 aromatic rings. The van der Waals surface area contributed by atoms with Gasteiger partial charge in [0.1, 0.15) is 0 Å². The number of benzene rings is 1. The van der Waals surface area contributed by atoms with Gasteiger partial charge in [-0.25, -0.2) is 0 Å². The normalized spacial score (nSPS) is 31.1. The van der Waals surface area contributed by atoms with Gasteiger partial charge in [0.25, 0.3) is 0 Å². The van der Waals surface area contributed by atoms with Crippen LogP contribution in [-0.2, 0) is 0 Å². The molecule has 88 valence electrons. The summed E-state index contributed by atoms with van der Waals surface area (Å²) < 4.78 is 1.15. The van der Waals surface area contributed by atoms with Crippen LogP contribution >= 0.6 is 27.7 Å². The molecule has 1 heterocycles. The fraction of sp³-hybridized carbons (Fsp3) is 0.538. The summed E-state index contributed by atoms with van der Waals surface area (Å²) in [5, 5.41) is 4.33. The lowest BCUT2D eigenvalue weighted by molar-refractivity contribution is 0.490. The van der Waals surface area contributed by atoms with Gasteiger partial charge in [0.2, 0.25) is 0 Å². The number of nitrogens with one attached hydrogen (secondary N) is 1. The second-order valence-electron chi connectivity index (χ2n) is 4.58. The van der Waals surface area contributed by atoms with Crippen molar-refractivity contribution >= 4 is 27.7 Å². The van der Waals surface area contributed by atoms with Crippen molar-refractivity contribution in [2.24, 2.45) is 5.92 Å². The molecule has 2 rings (SSSR count). The van der Waals surface area contributed by atoms with E-state index in [1.54, 1.807) is 0 Å². The van der Waals surface area contributed by atoms with Gasteiger partial charge >= 0.3 is 0 Å². The van der Waals surface area contributed by atoms with Crippen LogP contribution < -0.4 is 5.32 Å². The number of hydrogen-bond acceptors (Lipinski definition) is 2. The van der Waals surface area contributed by atoms with Gasteiger partial charge in [0, 0.05) is 15.8 Å². The van der Waals surface area contributed by atoms with Crippen LogP contribution in [0.5, 0.6) is 0 Å². The maximum Gasteiger partial charge on any atom is 0.0438 e. The fourth-order valence-electron chi connectivity index (χ4n) is 2.02. The van der Waals surface area contributed by atoms with Crippen LogP contribution in [0.3, 0.4) is 0 Å². The molecule has 0 radical (unpaired) electrons. The third-order valence-corrected chi connectivity index (χ3v) is 5.12. The summed E-state index contributed by atoms with van der Waals surface area (Å²) in [6.45, 7) is 5.76. The topological polar surface area (TPSA) is 12.0 Å². The Morgan fingerprint density at radius 3 is 2.62 bits per heavy atom. The number of thioether (sulfide) groups is 1. The zero-order valence-corrected chi connectivity index (χ0v) is 12.1. The Labute approximate surface area is 111 Å². The molecule has 3 atom stereocenters. The third kappa shape index (κ3) is 3.02. The van der Waals surface area contributed by atoms with Crippen molar-refractivity contribution in [2.75, 3.05) is 12.3 Å². The largest absolute Gasteiger partial charge is 0.309 e. The highest BCUT2D eigenvalue weighted by Gasteiger charge is 2.23. The molecule has 1 aliphatic rings. The molecule has 1 N–H and O–H groups in total. The van der Waals surface area contributed by atoms with Gasteiger partial charge < -0.3 is 5.32 Å². The first kappa shape index (κ1) is 12.5. The van der Waals surface area contributed by atoms with Crippen molar-refractivity contribution in [3.63, 3.8) is 0 Å². The Bertz CT molecular complexity index is 338. The molecule has 1 fully saturated rings. The molecule has 0 bridgehead atoms. The van der Waals surface area contributed by atoms with E-state index in [1.807, 2.05) is 0 Å². The zero-order chi connectivity index (χ0) is 11.5. The van der Waals surface area contributed by atoms with Gasteiger partial charge in [-0.05, 0) is 35.9 Å². The molecule has 1 saturated heterocycles. The smallest absolute Gasteiger partial charge is 0.0438 e. The first-order chi connectivity index (χ1) is 7.66. The summed E-state index contributed by atoms with van der Waals surface area (Å²) in [6, 6.07) is 9.18. The van der Waals surface area contributed by atoms with E-state index >= 15 is 0 Å². The number of rotatable bonds is 1. The Kier molecular flexibility index (Phi) is 4.34. The van der Waals surface area contributed by atoms with Crippen LogP contribution in [-0.4, -0.2) is 17.5 Å². The van der Waals surface area contributed by atoms with E-state index < -0.39 is 0 Å². The molecule has 3 unspecified atom stereocenters. The minimum atomic E-state index is 0.489. The van der Waals surface area contributed by atoms with Gasteiger partial charge in [0.05, 0.1) is 0 Å². The zero-order valence-electron chi connectivity index (χ0n) is 9.74. The summed E-state index contributed by atoms with van der Waals surface area (Å²) in [5.74, 6) is 2.04.